The van der Waals surface area contributed by atoms with Gasteiger partial charge >= 0.3 is 17.9 Å². The molecule has 1 aliphatic rings. The summed E-state index contributed by atoms with van der Waals surface area (Å²) in [5.74, 6) is -4.12. The molecule has 2 unspecified atom stereocenters. The van der Waals surface area contributed by atoms with Crippen molar-refractivity contribution in [2.75, 3.05) is 19.5 Å². The Hall–Kier alpha value is -3.74. The van der Waals surface area contributed by atoms with Crippen LogP contribution in [0.1, 0.15) is 39.2 Å². The van der Waals surface area contributed by atoms with Crippen molar-refractivity contribution < 1.29 is 41.9 Å². The molecule has 35 heavy (non-hydrogen) atoms. The van der Waals surface area contributed by atoms with Crippen molar-refractivity contribution in [1.29, 1.82) is 0 Å². The van der Waals surface area contributed by atoms with E-state index in [2.05, 4.69) is 5.32 Å². The van der Waals surface area contributed by atoms with E-state index in [1.54, 1.807) is 6.92 Å². The molecule has 0 radical (unpaired) electrons. The molecular formula is C22H26N2O10S. The molecule has 0 saturated heterocycles. The lowest BCUT2D eigenvalue weighted by molar-refractivity contribution is -0.384. The van der Waals surface area contributed by atoms with Crippen LogP contribution in [0.4, 0.5) is 5.69 Å². The van der Waals surface area contributed by atoms with Gasteiger partial charge in [-0.05, 0) is 26.3 Å². The lowest BCUT2D eigenvalue weighted by Gasteiger charge is -2.33. The topological polar surface area (TPSA) is 168 Å². The molecule has 0 fully saturated rings. The van der Waals surface area contributed by atoms with Crippen molar-refractivity contribution in [3.8, 4) is 0 Å². The van der Waals surface area contributed by atoms with Gasteiger partial charge in [0.2, 0.25) is 5.44 Å². The number of rotatable bonds is 9. The summed E-state index contributed by atoms with van der Waals surface area (Å²) in [6.07, 6.45) is 0.806. The zero-order valence-corrected chi connectivity index (χ0v) is 20.6. The quantitative estimate of drug-likeness (QED) is 0.223. The molecule has 2 rings (SSSR count). The minimum Gasteiger partial charge on any atom is -0.463 e. The molecule has 0 saturated carbocycles. The first-order valence-corrected chi connectivity index (χ1v) is 12.4. The van der Waals surface area contributed by atoms with E-state index in [9.17, 15) is 32.9 Å². The van der Waals surface area contributed by atoms with E-state index in [0.717, 1.165) is 19.2 Å². The van der Waals surface area contributed by atoms with E-state index in [1.165, 1.54) is 32.0 Å². The van der Waals surface area contributed by atoms with Crippen LogP contribution in [0.5, 0.6) is 0 Å². The number of nitro benzene ring substituents is 1. The third kappa shape index (κ3) is 6.23. The molecule has 1 aliphatic heterocycles. The number of carbonyl (C=O) groups is 3. The number of hydrogen-bond donors (Lipinski definition) is 1. The molecule has 190 valence electrons. The summed E-state index contributed by atoms with van der Waals surface area (Å²) in [6.45, 7) is 5.40. The fraction of sp³-hybridized carbons (Fsp3) is 0.409. The first kappa shape index (κ1) is 27.5. The monoisotopic (exact) mass is 510 g/mol. The molecule has 0 aromatic heterocycles. The first-order chi connectivity index (χ1) is 16.3. The highest BCUT2D eigenvalue weighted by Gasteiger charge is 2.44. The molecule has 0 spiro atoms. The zero-order valence-electron chi connectivity index (χ0n) is 19.8. The van der Waals surface area contributed by atoms with Crippen LogP contribution in [-0.4, -0.2) is 56.2 Å². The van der Waals surface area contributed by atoms with Crippen molar-refractivity contribution in [2.45, 2.75) is 39.0 Å². The number of esters is 3. The number of hydrogen-bond acceptors (Lipinski definition) is 11. The number of nitrogens with zero attached hydrogens (tertiary/aromatic N) is 1. The molecule has 0 bridgehead atoms. The molecule has 13 heteroatoms. The zero-order chi connectivity index (χ0) is 26.5. The molecule has 1 aromatic carbocycles. The van der Waals surface area contributed by atoms with Gasteiger partial charge in [-0.25, -0.2) is 18.0 Å². The average molecular weight is 511 g/mol. The van der Waals surface area contributed by atoms with Crippen LogP contribution in [0.3, 0.4) is 0 Å². The normalized spacial score (nSPS) is 16.8. The second-order valence-electron chi connectivity index (χ2n) is 7.49. The van der Waals surface area contributed by atoms with Crippen LogP contribution >= 0.6 is 0 Å². The van der Waals surface area contributed by atoms with Gasteiger partial charge in [0.15, 0.2) is 9.84 Å². The third-order valence-electron chi connectivity index (χ3n) is 4.90. The van der Waals surface area contributed by atoms with Gasteiger partial charge in [0.1, 0.15) is 0 Å². The fourth-order valence-corrected chi connectivity index (χ4v) is 4.54. The predicted octanol–water partition coefficient (Wildman–Crippen LogP) is 1.87. The molecule has 12 nitrogen and oxygen atoms in total. The van der Waals surface area contributed by atoms with Gasteiger partial charge in [-0.1, -0.05) is 12.1 Å². The van der Waals surface area contributed by atoms with E-state index < -0.39 is 44.0 Å². The van der Waals surface area contributed by atoms with Crippen LogP contribution < -0.4 is 5.32 Å². The second-order valence-corrected chi connectivity index (χ2v) is 9.58. The maximum atomic E-state index is 13.2. The molecular weight excluding hydrogens is 484 g/mol. The molecule has 2 atom stereocenters. The van der Waals surface area contributed by atoms with Gasteiger partial charge in [-0.15, -0.1) is 0 Å². The van der Waals surface area contributed by atoms with Crippen LogP contribution in [-0.2, 0) is 38.4 Å². The summed E-state index contributed by atoms with van der Waals surface area (Å²) in [7, 11) is -4.16. The summed E-state index contributed by atoms with van der Waals surface area (Å²) in [5.41, 5.74) is -2.84. The number of dihydropyridines is 1. The third-order valence-corrected chi connectivity index (χ3v) is 6.01. The Balaban J connectivity index is 2.98. The van der Waals surface area contributed by atoms with Crippen LogP contribution in [0.2, 0.25) is 0 Å². The number of non-ortho nitro benzene ring substituents is 1. The van der Waals surface area contributed by atoms with Gasteiger partial charge in [0, 0.05) is 31.0 Å². The van der Waals surface area contributed by atoms with Gasteiger partial charge in [-0.3, -0.25) is 14.9 Å². The fourth-order valence-electron chi connectivity index (χ4n) is 3.62. The number of benzene rings is 1. The number of ether oxygens (including phenoxy) is 3. The number of allylic oxidation sites excluding steroid dienone is 1. The number of carbonyl (C=O) groups excluding carboxylic acids is 3. The maximum Gasteiger partial charge on any atom is 0.336 e. The number of sulfone groups is 1. The van der Waals surface area contributed by atoms with Crippen LogP contribution in [0, 0.1) is 10.1 Å². The standard InChI is InChI=1S/C22H26N2O10S/c1-6-32-20(26)16-12(3)23-19(22(34-13(4)25)35(5,30)31)18(21(27)33-7-2)17(16)14-9-8-10-15(11-14)24(28)29/h8-11,17,22-23H,6-7H2,1-5H3. The van der Waals surface area contributed by atoms with Crippen LogP contribution in [0.25, 0.3) is 0 Å². The number of nitrogens with one attached hydrogen (secondary N) is 1. The first-order valence-electron chi connectivity index (χ1n) is 10.5. The maximum absolute atomic E-state index is 13.2. The van der Waals surface area contributed by atoms with Gasteiger partial charge in [0.25, 0.3) is 5.69 Å². The summed E-state index contributed by atoms with van der Waals surface area (Å²) in [4.78, 5) is 48.7. The summed E-state index contributed by atoms with van der Waals surface area (Å²) >= 11 is 0. The Labute approximate surface area is 202 Å². The van der Waals surface area contributed by atoms with E-state index in [4.69, 9.17) is 14.2 Å². The van der Waals surface area contributed by atoms with Crippen LogP contribution in [0.15, 0.2) is 46.8 Å². The van der Waals surface area contributed by atoms with E-state index in [1.807, 2.05) is 0 Å². The Kier molecular flexibility index (Phi) is 8.74. The molecule has 1 aromatic rings. The van der Waals surface area contributed by atoms with E-state index in [0.29, 0.717) is 0 Å². The molecule has 0 aliphatic carbocycles. The molecule has 1 N–H and O–H groups in total. The SMILES string of the molecule is CCOC(=O)C1=C(C)NC(C(OC(C)=O)S(C)(=O)=O)=C(C(=O)OCC)C1c1cccc([N+](=O)[O-])c1. The van der Waals surface area contributed by atoms with Gasteiger partial charge in [0.05, 0.1) is 40.9 Å². The Morgan fingerprint density at radius 2 is 1.69 bits per heavy atom. The van der Waals surface area contributed by atoms with Crippen molar-refractivity contribution in [3.63, 3.8) is 0 Å². The predicted molar refractivity (Wildman–Crippen MR) is 122 cm³/mol. The van der Waals surface area contributed by atoms with E-state index in [-0.39, 0.29) is 47.0 Å². The highest BCUT2D eigenvalue weighted by atomic mass is 32.2. The summed E-state index contributed by atoms with van der Waals surface area (Å²) in [6, 6.07) is 5.17. The minimum absolute atomic E-state index is 0.0119. The highest BCUT2D eigenvalue weighted by Crippen LogP contribution is 2.41. The summed E-state index contributed by atoms with van der Waals surface area (Å²) in [5, 5.41) is 14.1. The molecule has 0 amide bonds. The highest BCUT2D eigenvalue weighted by molar-refractivity contribution is 7.91. The Bertz CT molecular complexity index is 1220. The summed E-state index contributed by atoms with van der Waals surface area (Å²) < 4.78 is 40.6. The average Bonchev–Trinajstić information content (AvgIpc) is 2.76. The number of nitro groups is 1. The Morgan fingerprint density at radius 1 is 1.11 bits per heavy atom. The largest absolute Gasteiger partial charge is 0.463 e. The van der Waals surface area contributed by atoms with E-state index >= 15 is 0 Å². The molecule has 1 heterocycles. The Morgan fingerprint density at radius 3 is 2.17 bits per heavy atom. The minimum atomic E-state index is -4.16. The van der Waals surface area contributed by atoms with Crippen molar-refractivity contribution in [2.24, 2.45) is 0 Å². The van der Waals surface area contributed by atoms with Gasteiger partial charge < -0.3 is 19.5 Å². The van der Waals surface area contributed by atoms with Crippen molar-refractivity contribution >= 4 is 33.4 Å². The smallest absolute Gasteiger partial charge is 0.336 e. The van der Waals surface area contributed by atoms with Gasteiger partial charge in [-0.2, -0.15) is 0 Å². The van der Waals surface area contributed by atoms with Crippen molar-refractivity contribution in [1.82, 2.24) is 5.32 Å². The lowest BCUT2D eigenvalue weighted by Crippen LogP contribution is -2.41. The second kappa shape index (κ2) is 11.1. The van der Waals surface area contributed by atoms with Crippen molar-refractivity contribution in [3.05, 3.63) is 62.5 Å². The lowest BCUT2D eigenvalue weighted by atomic mass is 9.80.